The zero-order valence-electron chi connectivity index (χ0n) is 16.9. The number of nitrogens with zero attached hydrogens (tertiary/aromatic N) is 2. The van der Waals surface area contributed by atoms with Gasteiger partial charge < -0.3 is 10.4 Å². The van der Waals surface area contributed by atoms with Crippen LogP contribution in [0.5, 0.6) is 5.75 Å². The average Bonchev–Trinajstić information content (AvgIpc) is 2.77. The van der Waals surface area contributed by atoms with Gasteiger partial charge >= 0.3 is 12.4 Å². The van der Waals surface area contributed by atoms with E-state index in [4.69, 9.17) is 0 Å². The molecule has 2 aromatic heterocycles. The van der Waals surface area contributed by atoms with Crippen LogP contribution in [0.4, 0.5) is 36.6 Å². The van der Waals surface area contributed by atoms with Crippen LogP contribution in [0.3, 0.4) is 0 Å². The van der Waals surface area contributed by atoms with Crippen LogP contribution in [-0.2, 0) is 12.4 Å². The molecule has 4 aromatic rings. The minimum Gasteiger partial charge on any atom is -0.505 e. The topological polar surface area (TPSA) is 58.0 Å². The van der Waals surface area contributed by atoms with Crippen LogP contribution in [0.25, 0.3) is 10.9 Å². The molecule has 0 spiro atoms. The second-order valence-corrected chi connectivity index (χ2v) is 7.32. The lowest BCUT2D eigenvalue weighted by Crippen LogP contribution is -2.16. The second-order valence-electron chi connectivity index (χ2n) is 7.32. The smallest absolute Gasteiger partial charge is 0.419 e. The minimum absolute atomic E-state index is 0.0298. The van der Waals surface area contributed by atoms with Gasteiger partial charge in [0.25, 0.3) is 0 Å². The van der Waals surface area contributed by atoms with Crippen LogP contribution in [0.2, 0.25) is 0 Å². The van der Waals surface area contributed by atoms with Crippen LogP contribution in [0, 0.1) is 5.82 Å². The fraction of sp³-hybridized carbons (Fsp3) is 0.130. The van der Waals surface area contributed by atoms with Gasteiger partial charge in [-0.1, -0.05) is 24.3 Å². The first-order chi connectivity index (χ1) is 15.9. The SMILES string of the molecule is Oc1c(C(Nc2ccc(C(F)(F)F)cn2)c2ccc(C(F)(F)F)c(F)c2)ccc2cccnc12. The number of aromatic nitrogens is 2. The summed E-state index contributed by atoms with van der Waals surface area (Å²) in [4.78, 5) is 7.79. The number of phenolic OH excluding ortho intramolecular Hbond substituents is 1. The lowest BCUT2D eigenvalue weighted by molar-refractivity contribution is -0.140. The van der Waals surface area contributed by atoms with Crippen molar-refractivity contribution in [3.63, 3.8) is 0 Å². The van der Waals surface area contributed by atoms with Crippen LogP contribution in [0.15, 0.2) is 67.0 Å². The number of benzene rings is 2. The first kappa shape index (κ1) is 23.3. The highest BCUT2D eigenvalue weighted by Gasteiger charge is 2.35. The first-order valence-corrected chi connectivity index (χ1v) is 9.68. The maximum absolute atomic E-state index is 14.3. The Morgan fingerprint density at radius 2 is 1.62 bits per heavy atom. The predicted octanol–water partition coefficient (Wildman–Crippen LogP) is 6.71. The van der Waals surface area contributed by atoms with Crippen LogP contribution in [0.1, 0.15) is 28.3 Å². The lowest BCUT2D eigenvalue weighted by Gasteiger charge is -2.23. The van der Waals surface area contributed by atoms with Crippen molar-refractivity contribution < 1.29 is 35.8 Å². The van der Waals surface area contributed by atoms with Crippen molar-refractivity contribution in [2.24, 2.45) is 0 Å². The highest BCUT2D eigenvalue weighted by Crippen LogP contribution is 2.39. The molecule has 2 N–H and O–H groups in total. The molecule has 0 saturated carbocycles. The third-order valence-corrected chi connectivity index (χ3v) is 5.11. The number of fused-ring (bicyclic) bond motifs is 1. The Hall–Kier alpha value is -3.89. The molecular formula is C23H14F7N3O. The Morgan fingerprint density at radius 3 is 2.24 bits per heavy atom. The standard InChI is InChI=1S/C23H14F7N3O/c24-17-10-13(4-7-16(17)23(28,29)30)19(33-18-8-5-14(11-32-18)22(25,26)27)15-6-3-12-2-1-9-31-20(12)21(15)34/h1-11,19,34H,(H,32,33). The van der Waals surface area contributed by atoms with E-state index in [-0.39, 0.29) is 28.2 Å². The Labute approximate surface area is 187 Å². The molecule has 0 saturated heterocycles. The van der Waals surface area contributed by atoms with Crippen molar-refractivity contribution in [2.75, 3.05) is 5.32 Å². The Morgan fingerprint density at radius 1 is 0.853 bits per heavy atom. The summed E-state index contributed by atoms with van der Waals surface area (Å²) >= 11 is 0. The number of rotatable bonds is 4. The Kier molecular flexibility index (Phi) is 5.80. The van der Waals surface area contributed by atoms with Crippen molar-refractivity contribution in [1.82, 2.24) is 9.97 Å². The number of pyridine rings is 2. The molecule has 176 valence electrons. The van der Waals surface area contributed by atoms with E-state index in [2.05, 4.69) is 15.3 Å². The van der Waals surface area contributed by atoms with Crippen molar-refractivity contribution in [3.05, 3.63) is 95.1 Å². The molecule has 0 bridgehead atoms. The molecule has 1 atom stereocenters. The summed E-state index contributed by atoms with van der Waals surface area (Å²) in [6.07, 6.45) is -7.54. The largest absolute Gasteiger partial charge is 0.505 e. The van der Waals surface area contributed by atoms with Gasteiger partial charge in [0.05, 0.1) is 17.2 Å². The van der Waals surface area contributed by atoms with Crippen molar-refractivity contribution in [1.29, 1.82) is 0 Å². The number of phenols is 1. The number of halogens is 7. The molecule has 0 aliphatic carbocycles. The first-order valence-electron chi connectivity index (χ1n) is 9.68. The summed E-state index contributed by atoms with van der Waals surface area (Å²) in [6.45, 7) is 0. The molecular weight excluding hydrogens is 467 g/mol. The van der Waals surface area contributed by atoms with Gasteiger partial charge in [0.15, 0.2) is 0 Å². The van der Waals surface area contributed by atoms with Crippen molar-refractivity contribution >= 4 is 16.7 Å². The zero-order chi connectivity index (χ0) is 24.7. The van der Waals surface area contributed by atoms with Gasteiger partial charge in [-0.25, -0.2) is 9.37 Å². The zero-order valence-corrected chi connectivity index (χ0v) is 16.9. The molecule has 2 aromatic carbocycles. The molecule has 1 unspecified atom stereocenters. The van der Waals surface area contributed by atoms with Gasteiger partial charge in [-0.15, -0.1) is 0 Å². The second kappa shape index (κ2) is 8.47. The van der Waals surface area contributed by atoms with Crippen LogP contribution < -0.4 is 5.32 Å². The van der Waals surface area contributed by atoms with Crippen molar-refractivity contribution in [3.8, 4) is 5.75 Å². The molecule has 0 amide bonds. The van der Waals surface area contributed by atoms with Crippen LogP contribution in [-0.4, -0.2) is 15.1 Å². The van der Waals surface area contributed by atoms with E-state index in [9.17, 15) is 35.8 Å². The maximum Gasteiger partial charge on any atom is 0.419 e. The van der Waals surface area contributed by atoms with Gasteiger partial charge in [-0.3, -0.25) is 4.98 Å². The van der Waals surface area contributed by atoms with E-state index < -0.39 is 35.3 Å². The Bertz CT molecular complexity index is 1340. The monoisotopic (exact) mass is 481 g/mol. The molecule has 0 aliphatic heterocycles. The highest BCUT2D eigenvalue weighted by atomic mass is 19.4. The van der Waals surface area contributed by atoms with Crippen LogP contribution >= 0.6 is 0 Å². The van der Waals surface area contributed by atoms with Gasteiger partial charge in [-0.2, -0.15) is 26.3 Å². The van der Waals surface area contributed by atoms with E-state index in [1.54, 1.807) is 18.2 Å². The van der Waals surface area contributed by atoms with Gasteiger partial charge in [0, 0.05) is 23.3 Å². The number of hydrogen-bond donors (Lipinski definition) is 2. The third kappa shape index (κ3) is 4.59. The van der Waals surface area contributed by atoms with E-state index in [1.807, 2.05) is 0 Å². The van der Waals surface area contributed by atoms with E-state index in [0.717, 1.165) is 18.2 Å². The highest BCUT2D eigenvalue weighted by molar-refractivity contribution is 5.86. The molecule has 0 radical (unpaired) electrons. The number of alkyl halides is 6. The predicted molar refractivity (Wildman–Crippen MR) is 110 cm³/mol. The normalized spacial score (nSPS) is 13.1. The number of aromatic hydroxyl groups is 1. The minimum atomic E-state index is -4.92. The fourth-order valence-electron chi connectivity index (χ4n) is 3.45. The number of anilines is 1. The van der Waals surface area contributed by atoms with E-state index in [0.29, 0.717) is 23.7 Å². The lowest BCUT2D eigenvalue weighted by atomic mass is 9.95. The molecule has 34 heavy (non-hydrogen) atoms. The van der Waals surface area contributed by atoms with Gasteiger partial charge in [0.1, 0.15) is 22.9 Å². The fourth-order valence-corrected chi connectivity index (χ4v) is 3.45. The third-order valence-electron chi connectivity index (χ3n) is 5.11. The summed E-state index contributed by atoms with van der Waals surface area (Å²) in [5.74, 6) is -1.96. The summed E-state index contributed by atoms with van der Waals surface area (Å²) in [7, 11) is 0. The summed E-state index contributed by atoms with van der Waals surface area (Å²) in [5, 5.41) is 14.1. The maximum atomic E-state index is 14.3. The molecule has 2 heterocycles. The molecule has 0 aliphatic rings. The molecule has 4 rings (SSSR count). The summed E-state index contributed by atoms with van der Waals surface area (Å²) in [6, 6.07) is 9.17. The quantitative estimate of drug-likeness (QED) is 0.318. The number of nitrogens with one attached hydrogen (secondary N) is 1. The van der Waals surface area contributed by atoms with Crippen molar-refractivity contribution in [2.45, 2.75) is 18.4 Å². The summed E-state index contributed by atoms with van der Waals surface area (Å²) < 4.78 is 92.0. The van der Waals surface area contributed by atoms with E-state index >= 15 is 0 Å². The Balaban J connectivity index is 1.82. The average molecular weight is 481 g/mol. The molecule has 0 fully saturated rings. The van der Waals surface area contributed by atoms with E-state index in [1.165, 1.54) is 12.3 Å². The molecule has 11 heteroatoms. The van der Waals surface area contributed by atoms with Gasteiger partial charge in [-0.05, 0) is 35.9 Å². The van der Waals surface area contributed by atoms with Gasteiger partial charge in [0.2, 0.25) is 0 Å². The molecule has 4 nitrogen and oxygen atoms in total. The summed E-state index contributed by atoms with van der Waals surface area (Å²) in [5.41, 5.74) is -2.23. The number of hydrogen-bond acceptors (Lipinski definition) is 4.